The van der Waals surface area contributed by atoms with E-state index in [1.165, 1.54) is 11.3 Å². The second-order valence-corrected chi connectivity index (χ2v) is 12.4. The van der Waals surface area contributed by atoms with Crippen LogP contribution in [0.3, 0.4) is 0 Å². The molecule has 40 heavy (non-hydrogen) atoms. The van der Waals surface area contributed by atoms with Gasteiger partial charge in [-0.15, -0.1) is 0 Å². The number of carbonyl (C=O) groups is 1. The molecular weight excluding hydrogens is 703 g/mol. The van der Waals surface area contributed by atoms with Crippen LogP contribution in [0, 0.1) is 10.5 Å². The van der Waals surface area contributed by atoms with Gasteiger partial charge in [0.25, 0.3) is 5.56 Å². The summed E-state index contributed by atoms with van der Waals surface area (Å²) in [6.07, 6.45) is 1.86. The zero-order chi connectivity index (χ0) is 28.4. The van der Waals surface area contributed by atoms with Gasteiger partial charge in [0.2, 0.25) is 0 Å². The number of allylic oxidation sites excluding steroid dienone is 1. The number of aromatic nitrogens is 1. The standard InChI is InChI=1S/C31H26BrIN2O4S/c1-4-38-30(37)27-19(3)34-31-35(28(27)22-10-5-18(2)6-11-22)29(36)26(40-31)16-21-9-14-25(24(33)15-21)39-17-20-7-12-23(32)13-8-20/h5-16,28H,4,17H2,1-3H3/b26-16+/t28-/m0/s1. The largest absolute Gasteiger partial charge is 0.488 e. The molecule has 1 aliphatic rings. The Hall–Kier alpha value is -3.02. The highest BCUT2D eigenvalue weighted by molar-refractivity contribution is 14.1. The van der Waals surface area contributed by atoms with Crippen LogP contribution >= 0.6 is 49.9 Å². The number of benzene rings is 3. The van der Waals surface area contributed by atoms with Gasteiger partial charge >= 0.3 is 5.97 Å². The molecule has 204 valence electrons. The highest BCUT2D eigenvalue weighted by atomic mass is 127. The van der Waals surface area contributed by atoms with Crippen molar-refractivity contribution in [3.8, 4) is 5.75 Å². The lowest BCUT2D eigenvalue weighted by Crippen LogP contribution is -2.39. The fourth-order valence-corrected chi connectivity index (χ4v) is 6.48. The number of thiazole rings is 1. The summed E-state index contributed by atoms with van der Waals surface area (Å²) in [6, 6.07) is 21.1. The number of rotatable bonds is 7. The number of carbonyl (C=O) groups excluding carboxylic acids is 1. The predicted octanol–water partition coefficient (Wildman–Crippen LogP) is 6.05. The zero-order valence-corrected chi connectivity index (χ0v) is 26.7. The summed E-state index contributed by atoms with van der Waals surface area (Å²) in [5.74, 6) is 0.313. The third-order valence-electron chi connectivity index (χ3n) is 6.47. The molecule has 0 bridgehead atoms. The van der Waals surface area contributed by atoms with Gasteiger partial charge in [-0.05, 0) is 90.4 Å². The van der Waals surface area contributed by atoms with E-state index in [-0.39, 0.29) is 12.2 Å². The van der Waals surface area contributed by atoms with Crippen molar-refractivity contribution in [3.05, 3.63) is 128 Å². The molecule has 4 aromatic rings. The Kier molecular flexibility index (Phi) is 8.72. The Morgan fingerprint density at radius 2 is 1.82 bits per heavy atom. The minimum Gasteiger partial charge on any atom is -0.488 e. The topological polar surface area (TPSA) is 69.9 Å². The maximum Gasteiger partial charge on any atom is 0.338 e. The molecule has 2 heterocycles. The number of halogens is 2. The molecule has 0 aliphatic carbocycles. The number of hydrogen-bond donors (Lipinski definition) is 0. The summed E-state index contributed by atoms with van der Waals surface area (Å²) in [5.41, 5.74) is 4.61. The Balaban J connectivity index is 1.51. The van der Waals surface area contributed by atoms with E-state index >= 15 is 0 Å². The summed E-state index contributed by atoms with van der Waals surface area (Å²) < 4.78 is 15.5. The summed E-state index contributed by atoms with van der Waals surface area (Å²) in [4.78, 5) is 32.1. The summed E-state index contributed by atoms with van der Waals surface area (Å²) in [6.45, 7) is 6.26. The number of esters is 1. The molecule has 9 heteroatoms. The Morgan fingerprint density at radius 1 is 1.10 bits per heavy atom. The van der Waals surface area contributed by atoms with Crippen LogP contribution < -0.4 is 19.6 Å². The highest BCUT2D eigenvalue weighted by Gasteiger charge is 2.33. The molecule has 1 atom stereocenters. The molecule has 6 nitrogen and oxygen atoms in total. The molecule has 0 amide bonds. The van der Waals surface area contributed by atoms with Crippen molar-refractivity contribution in [2.75, 3.05) is 6.61 Å². The van der Waals surface area contributed by atoms with Gasteiger partial charge in [-0.3, -0.25) is 9.36 Å². The predicted molar refractivity (Wildman–Crippen MR) is 169 cm³/mol. The third-order valence-corrected chi connectivity index (χ3v) is 8.83. The van der Waals surface area contributed by atoms with Gasteiger partial charge < -0.3 is 9.47 Å². The monoisotopic (exact) mass is 728 g/mol. The molecule has 0 saturated carbocycles. The van der Waals surface area contributed by atoms with Crippen LogP contribution in [0.4, 0.5) is 0 Å². The fraction of sp³-hybridized carbons (Fsp3) is 0.194. The maximum atomic E-state index is 13.8. The molecule has 1 aliphatic heterocycles. The van der Waals surface area contributed by atoms with Crippen LogP contribution in [0.2, 0.25) is 0 Å². The van der Waals surface area contributed by atoms with E-state index in [9.17, 15) is 9.59 Å². The molecule has 3 aromatic carbocycles. The van der Waals surface area contributed by atoms with Gasteiger partial charge in [0.1, 0.15) is 12.4 Å². The summed E-state index contributed by atoms with van der Waals surface area (Å²) >= 11 is 7.01. The minimum absolute atomic E-state index is 0.200. The number of aryl methyl sites for hydroxylation is 1. The van der Waals surface area contributed by atoms with E-state index in [0.29, 0.717) is 27.2 Å². The third kappa shape index (κ3) is 6.01. The molecule has 0 spiro atoms. The second kappa shape index (κ2) is 12.2. The smallest absolute Gasteiger partial charge is 0.338 e. The second-order valence-electron chi connectivity index (χ2n) is 9.32. The van der Waals surface area contributed by atoms with E-state index in [0.717, 1.165) is 36.0 Å². The van der Waals surface area contributed by atoms with Crippen LogP contribution in [0.15, 0.2) is 92.3 Å². The van der Waals surface area contributed by atoms with Crippen LogP contribution in [-0.2, 0) is 16.1 Å². The lowest BCUT2D eigenvalue weighted by Gasteiger charge is -2.24. The van der Waals surface area contributed by atoms with E-state index < -0.39 is 12.0 Å². The Morgan fingerprint density at radius 3 is 2.50 bits per heavy atom. The average Bonchev–Trinajstić information content (AvgIpc) is 3.23. The van der Waals surface area contributed by atoms with Gasteiger partial charge in [-0.1, -0.05) is 75.3 Å². The maximum absolute atomic E-state index is 13.8. The van der Waals surface area contributed by atoms with Gasteiger partial charge in [-0.25, -0.2) is 9.79 Å². The SMILES string of the molecule is CCOC(=O)C1=C(C)N=c2s/c(=C/c3ccc(OCc4ccc(Br)cc4)c(I)c3)c(=O)n2[C@H]1c1ccc(C)cc1. The average molecular weight is 729 g/mol. The van der Waals surface area contributed by atoms with Crippen molar-refractivity contribution >= 4 is 61.9 Å². The fourth-order valence-electron chi connectivity index (χ4n) is 4.47. The highest BCUT2D eigenvalue weighted by Crippen LogP contribution is 2.31. The van der Waals surface area contributed by atoms with Crippen LogP contribution in [0.25, 0.3) is 6.08 Å². The van der Waals surface area contributed by atoms with Crippen molar-refractivity contribution < 1.29 is 14.3 Å². The van der Waals surface area contributed by atoms with Crippen molar-refractivity contribution in [1.29, 1.82) is 0 Å². The van der Waals surface area contributed by atoms with Crippen molar-refractivity contribution in [2.24, 2.45) is 4.99 Å². The van der Waals surface area contributed by atoms with E-state index in [4.69, 9.17) is 9.47 Å². The molecule has 0 fully saturated rings. The quantitative estimate of drug-likeness (QED) is 0.172. The number of nitrogens with zero attached hydrogens (tertiary/aromatic N) is 2. The van der Waals surface area contributed by atoms with Gasteiger partial charge in [0, 0.05) is 4.47 Å². The van der Waals surface area contributed by atoms with Crippen LogP contribution in [0.5, 0.6) is 5.75 Å². The van der Waals surface area contributed by atoms with Crippen molar-refractivity contribution in [1.82, 2.24) is 4.57 Å². The molecule has 5 rings (SSSR count). The van der Waals surface area contributed by atoms with Gasteiger partial charge in [-0.2, -0.15) is 0 Å². The Labute approximate surface area is 258 Å². The molecule has 0 unspecified atom stereocenters. The molecule has 0 N–H and O–H groups in total. The molecule has 0 saturated heterocycles. The summed E-state index contributed by atoms with van der Waals surface area (Å²) in [5, 5.41) is 0. The van der Waals surface area contributed by atoms with E-state index in [1.54, 1.807) is 18.4 Å². The van der Waals surface area contributed by atoms with Gasteiger partial charge in [0.15, 0.2) is 4.80 Å². The minimum atomic E-state index is -0.618. The van der Waals surface area contributed by atoms with E-state index in [2.05, 4.69) is 43.5 Å². The normalized spacial score (nSPS) is 15.0. The first-order valence-corrected chi connectivity index (χ1v) is 15.4. The van der Waals surface area contributed by atoms with E-state index in [1.807, 2.05) is 79.7 Å². The first kappa shape index (κ1) is 28.5. The lowest BCUT2D eigenvalue weighted by atomic mass is 9.95. The lowest BCUT2D eigenvalue weighted by molar-refractivity contribution is -0.139. The summed E-state index contributed by atoms with van der Waals surface area (Å²) in [7, 11) is 0. The molecular formula is C31H26BrIN2O4S. The van der Waals surface area contributed by atoms with Crippen molar-refractivity contribution in [3.63, 3.8) is 0 Å². The zero-order valence-electron chi connectivity index (χ0n) is 22.1. The molecule has 0 radical (unpaired) electrons. The molecule has 1 aromatic heterocycles. The number of hydrogen-bond acceptors (Lipinski definition) is 6. The first-order chi connectivity index (χ1) is 19.2. The van der Waals surface area contributed by atoms with Crippen LogP contribution in [0.1, 0.15) is 42.1 Å². The van der Waals surface area contributed by atoms with Crippen LogP contribution in [-0.4, -0.2) is 17.1 Å². The Bertz CT molecular complexity index is 1790. The van der Waals surface area contributed by atoms with Gasteiger partial charge in [0.05, 0.1) is 32.0 Å². The number of fused-ring (bicyclic) bond motifs is 1. The first-order valence-electron chi connectivity index (χ1n) is 12.7. The number of ether oxygens (including phenoxy) is 2. The van der Waals surface area contributed by atoms with Crippen molar-refractivity contribution in [2.45, 2.75) is 33.4 Å².